The number of carbonyl (C=O) groups excluding carboxylic acids is 1. The summed E-state index contributed by atoms with van der Waals surface area (Å²) in [4.78, 5) is 12.2. The van der Waals surface area contributed by atoms with Crippen molar-refractivity contribution in [2.75, 3.05) is 24.2 Å². The number of fused-ring (bicyclic) bond motifs is 1. The molecule has 1 aromatic rings. The Morgan fingerprint density at radius 2 is 2.05 bits per heavy atom. The third kappa shape index (κ3) is 4.01. The Kier molecular flexibility index (Phi) is 5.20. The fraction of sp³-hybridized carbons (Fsp3) is 0.588. The van der Waals surface area contributed by atoms with Crippen LogP contribution in [0.3, 0.4) is 0 Å². The van der Waals surface area contributed by atoms with E-state index in [4.69, 9.17) is 0 Å². The molecule has 0 spiro atoms. The molecular weight excluding hydrogens is 280 g/mol. The van der Waals surface area contributed by atoms with Gasteiger partial charge in [0.15, 0.2) is 0 Å². The van der Waals surface area contributed by atoms with Crippen LogP contribution in [0.4, 0.5) is 5.69 Å². The fourth-order valence-electron chi connectivity index (χ4n) is 3.24. The number of benzene rings is 1. The van der Waals surface area contributed by atoms with E-state index in [1.807, 2.05) is 11.8 Å². The number of aryl methyl sites for hydroxylation is 1. The summed E-state index contributed by atoms with van der Waals surface area (Å²) in [5.41, 5.74) is 3.83. The number of hydrogen-bond donors (Lipinski definition) is 2. The lowest BCUT2D eigenvalue weighted by Gasteiger charge is -2.22. The Bertz CT molecular complexity index is 498. The predicted molar refractivity (Wildman–Crippen MR) is 90.1 cm³/mol. The summed E-state index contributed by atoms with van der Waals surface area (Å²) in [7, 11) is 0. The molecule has 1 fully saturated rings. The molecule has 4 heteroatoms. The smallest absolute Gasteiger partial charge is 0.234 e. The van der Waals surface area contributed by atoms with Crippen LogP contribution in [-0.2, 0) is 17.6 Å². The molecule has 1 aromatic carbocycles. The highest BCUT2D eigenvalue weighted by Crippen LogP contribution is 2.28. The summed E-state index contributed by atoms with van der Waals surface area (Å²) < 4.78 is 0. The van der Waals surface area contributed by atoms with Gasteiger partial charge in [0.25, 0.3) is 0 Å². The molecule has 0 unspecified atom stereocenters. The zero-order valence-corrected chi connectivity index (χ0v) is 13.3. The number of thioether (sulfide) groups is 1. The van der Waals surface area contributed by atoms with Crippen LogP contribution >= 0.6 is 11.8 Å². The van der Waals surface area contributed by atoms with E-state index in [-0.39, 0.29) is 5.91 Å². The van der Waals surface area contributed by atoms with Crippen LogP contribution in [-0.4, -0.2) is 30.0 Å². The normalized spacial score (nSPS) is 19.0. The average Bonchev–Trinajstić information content (AvgIpc) is 2.54. The lowest BCUT2D eigenvalue weighted by atomic mass is 9.90. The van der Waals surface area contributed by atoms with Crippen molar-refractivity contribution >= 4 is 23.4 Å². The molecule has 0 radical (unpaired) electrons. The zero-order chi connectivity index (χ0) is 14.5. The summed E-state index contributed by atoms with van der Waals surface area (Å²) in [5.74, 6) is 0.728. The van der Waals surface area contributed by atoms with Gasteiger partial charge in [0, 0.05) is 10.9 Å². The molecule has 1 aliphatic heterocycles. The molecule has 2 aliphatic rings. The molecule has 3 rings (SSSR count). The van der Waals surface area contributed by atoms with Gasteiger partial charge < -0.3 is 10.6 Å². The first-order valence-corrected chi connectivity index (χ1v) is 9.11. The summed E-state index contributed by atoms with van der Waals surface area (Å²) in [6.45, 7) is 2.18. The van der Waals surface area contributed by atoms with Gasteiger partial charge >= 0.3 is 0 Å². The van der Waals surface area contributed by atoms with Crippen LogP contribution in [0.25, 0.3) is 0 Å². The van der Waals surface area contributed by atoms with E-state index in [0.29, 0.717) is 11.0 Å². The molecule has 3 nitrogen and oxygen atoms in total. The molecule has 1 heterocycles. The summed E-state index contributed by atoms with van der Waals surface area (Å²) in [5, 5.41) is 7.14. The molecule has 0 atom stereocenters. The molecule has 114 valence electrons. The highest BCUT2D eigenvalue weighted by Gasteiger charge is 2.17. The Hall–Kier alpha value is -1.00. The van der Waals surface area contributed by atoms with E-state index in [1.54, 1.807) is 0 Å². The van der Waals surface area contributed by atoms with Crippen molar-refractivity contribution in [1.82, 2.24) is 5.32 Å². The highest BCUT2D eigenvalue weighted by molar-refractivity contribution is 8.00. The van der Waals surface area contributed by atoms with Gasteiger partial charge in [0.05, 0.1) is 5.75 Å². The zero-order valence-electron chi connectivity index (χ0n) is 12.5. The minimum atomic E-state index is 0.150. The van der Waals surface area contributed by atoms with Gasteiger partial charge in [-0.3, -0.25) is 4.79 Å². The standard InChI is InChI=1S/C17H24N2OS/c20-17(12-21-14-8-10-18-11-9-14)19-16-7-3-5-13-4-1-2-6-15(13)16/h3,5,7,14,18H,1-2,4,6,8-12H2,(H,19,20). The third-order valence-electron chi connectivity index (χ3n) is 4.41. The number of piperidine rings is 1. The van der Waals surface area contributed by atoms with E-state index in [2.05, 4.69) is 28.8 Å². The maximum atomic E-state index is 12.2. The minimum absolute atomic E-state index is 0.150. The van der Waals surface area contributed by atoms with Crippen LogP contribution in [0, 0.1) is 0 Å². The molecule has 0 aromatic heterocycles. The van der Waals surface area contributed by atoms with Crippen molar-refractivity contribution in [3.05, 3.63) is 29.3 Å². The van der Waals surface area contributed by atoms with Crippen LogP contribution in [0.15, 0.2) is 18.2 Å². The first kappa shape index (κ1) is 14.9. The SMILES string of the molecule is O=C(CSC1CCNCC1)Nc1cccc2c1CCCC2. The van der Waals surface area contributed by atoms with Gasteiger partial charge in [-0.05, 0) is 68.8 Å². The van der Waals surface area contributed by atoms with Crippen LogP contribution < -0.4 is 10.6 Å². The second-order valence-electron chi connectivity index (χ2n) is 5.96. The Balaban J connectivity index is 1.55. The maximum Gasteiger partial charge on any atom is 0.234 e. The van der Waals surface area contributed by atoms with Crippen molar-refractivity contribution in [2.45, 2.75) is 43.8 Å². The molecule has 1 aliphatic carbocycles. The highest BCUT2D eigenvalue weighted by atomic mass is 32.2. The first-order chi connectivity index (χ1) is 10.3. The Labute approximate surface area is 131 Å². The largest absolute Gasteiger partial charge is 0.325 e. The van der Waals surface area contributed by atoms with Crippen molar-refractivity contribution in [2.24, 2.45) is 0 Å². The third-order valence-corrected chi connectivity index (χ3v) is 5.78. The van der Waals surface area contributed by atoms with Gasteiger partial charge in [0.2, 0.25) is 5.91 Å². The predicted octanol–water partition coefficient (Wildman–Crippen LogP) is 2.99. The summed E-state index contributed by atoms with van der Waals surface area (Å²) in [6, 6.07) is 6.32. The molecular formula is C17H24N2OS. The summed E-state index contributed by atoms with van der Waals surface area (Å²) in [6.07, 6.45) is 7.13. The average molecular weight is 304 g/mol. The van der Waals surface area contributed by atoms with Gasteiger partial charge in [-0.2, -0.15) is 0 Å². The molecule has 2 N–H and O–H groups in total. The molecule has 1 amide bonds. The van der Waals surface area contributed by atoms with Crippen molar-refractivity contribution in [3.8, 4) is 0 Å². The van der Waals surface area contributed by atoms with E-state index in [0.717, 1.165) is 31.6 Å². The number of nitrogens with one attached hydrogen (secondary N) is 2. The number of amides is 1. The van der Waals surface area contributed by atoms with Gasteiger partial charge in [-0.1, -0.05) is 12.1 Å². The van der Waals surface area contributed by atoms with Crippen LogP contribution in [0.2, 0.25) is 0 Å². The van der Waals surface area contributed by atoms with Gasteiger partial charge in [-0.15, -0.1) is 11.8 Å². The van der Waals surface area contributed by atoms with Crippen molar-refractivity contribution in [1.29, 1.82) is 0 Å². The monoisotopic (exact) mass is 304 g/mol. The molecule has 1 saturated heterocycles. The lowest BCUT2D eigenvalue weighted by Crippen LogP contribution is -2.30. The quantitative estimate of drug-likeness (QED) is 0.898. The Morgan fingerprint density at radius 3 is 2.90 bits per heavy atom. The van der Waals surface area contributed by atoms with E-state index < -0.39 is 0 Å². The minimum Gasteiger partial charge on any atom is -0.325 e. The number of rotatable bonds is 4. The van der Waals surface area contributed by atoms with Crippen molar-refractivity contribution < 1.29 is 4.79 Å². The van der Waals surface area contributed by atoms with Crippen LogP contribution in [0.1, 0.15) is 36.8 Å². The second kappa shape index (κ2) is 7.32. The first-order valence-electron chi connectivity index (χ1n) is 8.06. The van der Waals surface area contributed by atoms with Crippen LogP contribution in [0.5, 0.6) is 0 Å². The summed E-state index contributed by atoms with van der Waals surface area (Å²) >= 11 is 1.81. The second-order valence-corrected chi connectivity index (χ2v) is 7.25. The van der Waals surface area contributed by atoms with E-state index in [9.17, 15) is 4.79 Å². The van der Waals surface area contributed by atoms with Gasteiger partial charge in [-0.25, -0.2) is 0 Å². The number of anilines is 1. The molecule has 0 bridgehead atoms. The van der Waals surface area contributed by atoms with Gasteiger partial charge in [0.1, 0.15) is 0 Å². The Morgan fingerprint density at radius 1 is 1.24 bits per heavy atom. The number of carbonyl (C=O) groups is 1. The van der Waals surface area contributed by atoms with E-state index in [1.165, 1.54) is 36.8 Å². The van der Waals surface area contributed by atoms with E-state index >= 15 is 0 Å². The van der Waals surface area contributed by atoms with Crippen molar-refractivity contribution in [3.63, 3.8) is 0 Å². The maximum absolute atomic E-state index is 12.2. The lowest BCUT2D eigenvalue weighted by molar-refractivity contribution is -0.113. The fourth-order valence-corrected chi connectivity index (χ4v) is 4.27. The number of hydrogen-bond acceptors (Lipinski definition) is 3. The molecule has 0 saturated carbocycles. The molecule has 21 heavy (non-hydrogen) atoms. The topological polar surface area (TPSA) is 41.1 Å².